The van der Waals surface area contributed by atoms with Gasteiger partial charge in [-0.1, -0.05) is 18.2 Å². The van der Waals surface area contributed by atoms with Crippen LogP contribution in [-0.4, -0.2) is 46.0 Å². The average molecular weight is 357 g/mol. The SMILES string of the molecule is O=S(=O)(c1ccccc1)N1CC[C@H](c2nnc(-c3cnccn3)o2)C1. The van der Waals surface area contributed by atoms with Gasteiger partial charge in [-0.2, -0.15) is 4.31 Å². The van der Waals surface area contributed by atoms with Crippen molar-refractivity contribution in [2.24, 2.45) is 0 Å². The van der Waals surface area contributed by atoms with Crippen molar-refractivity contribution in [2.75, 3.05) is 13.1 Å². The molecule has 0 saturated carbocycles. The van der Waals surface area contributed by atoms with Crippen molar-refractivity contribution in [1.29, 1.82) is 0 Å². The topological polar surface area (TPSA) is 102 Å². The van der Waals surface area contributed by atoms with E-state index in [0.29, 0.717) is 36.0 Å². The standard InChI is InChI=1S/C16H15N5O3S/c22-25(23,13-4-2-1-3-5-13)21-9-6-12(11-21)15-19-20-16(24-15)14-10-17-7-8-18-14/h1-5,7-8,10,12H,6,9,11H2/t12-/m0/s1. The van der Waals surface area contributed by atoms with E-state index in [9.17, 15) is 8.42 Å². The van der Waals surface area contributed by atoms with Crippen LogP contribution in [0.4, 0.5) is 0 Å². The van der Waals surface area contributed by atoms with Gasteiger partial charge in [-0.15, -0.1) is 10.2 Å². The molecule has 3 heterocycles. The molecule has 25 heavy (non-hydrogen) atoms. The molecule has 0 amide bonds. The number of rotatable bonds is 4. The van der Waals surface area contributed by atoms with Gasteiger partial charge in [-0.25, -0.2) is 13.4 Å². The first-order valence-electron chi connectivity index (χ1n) is 7.79. The lowest BCUT2D eigenvalue weighted by Crippen LogP contribution is -2.28. The summed E-state index contributed by atoms with van der Waals surface area (Å²) in [5.74, 6) is 0.579. The van der Waals surface area contributed by atoms with Gasteiger partial charge in [0.1, 0.15) is 5.69 Å². The van der Waals surface area contributed by atoms with Gasteiger partial charge >= 0.3 is 0 Å². The summed E-state index contributed by atoms with van der Waals surface area (Å²) < 4.78 is 32.5. The summed E-state index contributed by atoms with van der Waals surface area (Å²) in [5.41, 5.74) is 0.494. The zero-order valence-electron chi connectivity index (χ0n) is 13.2. The van der Waals surface area contributed by atoms with Crippen LogP contribution in [0, 0.1) is 0 Å². The third-order valence-electron chi connectivity index (χ3n) is 4.10. The molecular weight excluding hydrogens is 342 g/mol. The van der Waals surface area contributed by atoms with Crippen molar-refractivity contribution in [3.8, 4) is 11.6 Å². The minimum atomic E-state index is -3.50. The smallest absolute Gasteiger partial charge is 0.267 e. The fourth-order valence-corrected chi connectivity index (χ4v) is 4.32. The number of nitrogens with zero attached hydrogens (tertiary/aromatic N) is 5. The predicted molar refractivity (Wildman–Crippen MR) is 87.9 cm³/mol. The maximum atomic E-state index is 12.7. The summed E-state index contributed by atoms with van der Waals surface area (Å²) >= 11 is 0. The highest BCUT2D eigenvalue weighted by atomic mass is 32.2. The first-order chi connectivity index (χ1) is 12.1. The fourth-order valence-electron chi connectivity index (χ4n) is 2.80. The Balaban J connectivity index is 1.53. The molecule has 128 valence electrons. The van der Waals surface area contributed by atoms with Crippen molar-refractivity contribution in [1.82, 2.24) is 24.5 Å². The molecule has 0 spiro atoms. The first-order valence-corrected chi connectivity index (χ1v) is 9.23. The quantitative estimate of drug-likeness (QED) is 0.700. The maximum absolute atomic E-state index is 12.7. The second-order valence-electron chi connectivity index (χ2n) is 5.70. The molecule has 0 unspecified atom stereocenters. The molecule has 1 atom stereocenters. The minimum Gasteiger partial charge on any atom is -0.419 e. The van der Waals surface area contributed by atoms with Gasteiger partial charge in [0, 0.05) is 25.5 Å². The molecule has 0 aliphatic carbocycles. The monoisotopic (exact) mass is 357 g/mol. The van der Waals surface area contributed by atoms with Crippen molar-refractivity contribution < 1.29 is 12.8 Å². The lowest BCUT2D eigenvalue weighted by atomic mass is 10.1. The fraction of sp³-hybridized carbons (Fsp3) is 0.250. The van der Waals surface area contributed by atoms with E-state index in [2.05, 4.69) is 20.2 Å². The van der Waals surface area contributed by atoms with Crippen molar-refractivity contribution in [3.63, 3.8) is 0 Å². The third-order valence-corrected chi connectivity index (χ3v) is 5.98. The van der Waals surface area contributed by atoms with Crippen LogP contribution < -0.4 is 0 Å². The van der Waals surface area contributed by atoms with E-state index < -0.39 is 10.0 Å². The van der Waals surface area contributed by atoms with E-state index in [1.54, 1.807) is 42.7 Å². The Morgan fingerprint density at radius 2 is 1.96 bits per heavy atom. The molecule has 0 N–H and O–H groups in total. The zero-order chi connectivity index (χ0) is 17.3. The molecule has 1 saturated heterocycles. The highest BCUT2D eigenvalue weighted by Crippen LogP contribution is 2.31. The van der Waals surface area contributed by atoms with Crippen LogP contribution in [0.5, 0.6) is 0 Å². The van der Waals surface area contributed by atoms with Gasteiger partial charge in [-0.3, -0.25) is 4.98 Å². The van der Waals surface area contributed by atoms with Crippen LogP contribution in [0.15, 0.2) is 58.2 Å². The van der Waals surface area contributed by atoms with Crippen LogP contribution in [0.1, 0.15) is 18.2 Å². The lowest BCUT2D eigenvalue weighted by molar-refractivity contribution is 0.439. The Labute approximate surface area is 144 Å². The van der Waals surface area contributed by atoms with E-state index in [4.69, 9.17) is 4.42 Å². The summed E-state index contributed by atoms with van der Waals surface area (Å²) in [6.07, 6.45) is 5.28. The van der Waals surface area contributed by atoms with Gasteiger partial charge in [0.2, 0.25) is 15.9 Å². The molecule has 1 aliphatic rings. The molecule has 1 aliphatic heterocycles. The molecule has 4 rings (SSSR count). The van der Waals surface area contributed by atoms with E-state index >= 15 is 0 Å². The molecule has 8 nitrogen and oxygen atoms in total. The Morgan fingerprint density at radius 3 is 2.72 bits per heavy atom. The van der Waals surface area contributed by atoms with Crippen LogP contribution in [0.3, 0.4) is 0 Å². The number of sulfonamides is 1. The van der Waals surface area contributed by atoms with Gasteiger partial charge in [0.15, 0.2) is 0 Å². The van der Waals surface area contributed by atoms with Crippen molar-refractivity contribution in [3.05, 3.63) is 54.8 Å². The second-order valence-corrected chi connectivity index (χ2v) is 7.64. The van der Waals surface area contributed by atoms with E-state index in [-0.39, 0.29) is 11.8 Å². The molecule has 3 aromatic rings. The largest absolute Gasteiger partial charge is 0.419 e. The molecular formula is C16H15N5O3S. The van der Waals surface area contributed by atoms with Gasteiger partial charge in [0.25, 0.3) is 5.89 Å². The van der Waals surface area contributed by atoms with Crippen LogP contribution in [-0.2, 0) is 10.0 Å². The molecule has 0 bridgehead atoms. The highest BCUT2D eigenvalue weighted by molar-refractivity contribution is 7.89. The maximum Gasteiger partial charge on any atom is 0.267 e. The van der Waals surface area contributed by atoms with Gasteiger partial charge in [0.05, 0.1) is 17.0 Å². The number of benzene rings is 1. The van der Waals surface area contributed by atoms with Crippen LogP contribution >= 0.6 is 0 Å². The Bertz CT molecular complexity index is 960. The van der Waals surface area contributed by atoms with E-state index in [0.717, 1.165) is 0 Å². The summed E-state index contributed by atoms with van der Waals surface area (Å²) in [5, 5.41) is 8.05. The van der Waals surface area contributed by atoms with E-state index in [1.165, 1.54) is 10.5 Å². The van der Waals surface area contributed by atoms with Crippen molar-refractivity contribution >= 4 is 10.0 Å². The number of hydrogen-bond acceptors (Lipinski definition) is 7. The summed E-state index contributed by atoms with van der Waals surface area (Å²) in [4.78, 5) is 8.38. The highest BCUT2D eigenvalue weighted by Gasteiger charge is 2.35. The normalized spacial score (nSPS) is 18.5. The average Bonchev–Trinajstić information content (AvgIpc) is 3.33. The summed E-state index contributed by atoms with van der Waals surface area (Å²) in [7, 11) is -3.50. The predicted octanol–water partition coefficient (Wildman–Crippen LogP) is 1.70. The van der Waals surface area contributed by atoms with Crippen molar-refractivity contribution in [2.45, 2.75) is 17.2 Å². The molecule has 1 fully saturated rings. The van der Waals surface area contributed by atoms with Gasteiger partial charge in [-0.05, 0) is 18.6 Å². The van der Waals surface area contributed by atoms with Gasteiger partial charge < -0.3 is 4.42 Å². The van der Waals surface area contributed by atoms with Crippen LogP contribution in [0.25, 0.3) is 11.6 Å². The van der Waals surface area contributed by atoms with Crippen LogP contribution in [0.2, 0.25) is 0 Å². The molecule has 9 heteroatoms. The summed E-state index contributed by atoms with van der Waals surface area (Å²) in [6.45, 7) is 0.740. The number of hydrogen-bond donors (Lipinski definition) is 0. The lowest BCUT2D eigenvalue weighted by Gasteiger charge is -2.15. The Morgan fingerprint density at radius 1 is 1.12 bits per heavy atom. The Hall–Kier alpha value is -2.65. The summed E-state index contributed by atoms with van der Waals surface area (Å²) in [6, 6.07) is 8.42. The molecule has 1 aromatic carbocycles. The number of aromatic nitrogens is 4. The van der Waals surface area contributed by atoms with E-state index in [1.807, 2.05) is 0 Å². The first kappa shape index (κ1) is 15.9. The minimum absolute atomic E-state index is 0.128. The zero-order valence-corrected chi connectivity index (χ0v) is 14.0. The second kappa shape index (κ2) is 6.34. The molecule has 0 radical (unpaired) electrons. The third kappa shape index (κ3) is 3.03. The molecule has 2 aromatic heterocycles. The Kier molecular flexibility index (Phi) is 4.02.